The Morgan fingerprint density at radius 3 is 2.76 bits per heavy atom. The minimum absolute atomic E-state index is 0.110. The van der Waals surface area contributed by atoms with Crippen molar-refractivity contribution in [2.75, 3.05) is 13.6 Å². The number of carbonyl (C=O) groups is 1. The van der Waals surface area contributed by atoms with E-state index in [4.69, 9.17) is 16.3 Å². The van der Waals surface area contributed by atoms with Crippen LogP contribution in [0.1, 0.15) is 23.0 Å². The van der Waals surface area contributed by atoms with E-state index in [2.05, 4.69) is 0 Å². The lowest BCUT2D eigenvalue weighted by Gasteiger charge is -2.15. The first-order chi connectivity index (χ1) is 10.1. The molecule has 0 aromatic heterocycles. The second-order valence-electron chi connectivity index (χ2n) is 5.62. The van der Waals surface area contributed by atoms with E-state index >= 15 is 0 Å². The summed E-state index contributed by atoms with van der Waals surface area (Å²) < 4.78 is 6.05. The number of carbonyl (C=O) groups excluding carboxylic acids is 1. The maximum atomic E-state index is 12.6. The summed E-state index contributed by atoms with van der Waals surface area (Å²) in [5.41, 5.74) is 1.98. The van der Waals surface area contributed by atoms with Crippen molar-refractivity contribution in [1.82, 2.24) is 4.90 Å². The lowest BCUT2D eigenvalue weighted by molar-refractivity contribution is -0.127. The first-order valence-corrected chi connectivity index (χ1v) is 7.34. The fourth-order valence-electron chi connectivity index (χ4n) is 3.38. The molecule has 1 fully saturated rings. The van der Waals surface area contributed by atoms with E-state index in [1.165, 1.54) is 0 Å². The second-order valence-corrected chi connectivity index (χ2v) is 6.06. The van der Waals surface area contributed by atoms with E-state index in [1.54, 1.807) is 11.0 Å². The highest BCUT2D eigenvalue weighted by molar-refractivity contribution is 6.30. The SMILES string of the molecule is CN1C[C@H]2c3ccccc3Oc3ccc(Cl)cc3[C@@H]2C1=O. The van der Waals surface area contributed by atoms with Gasteiger partial charge in [-0.2, -0.15) is 0 Å². The van der Waals surface area contributed by atoms with Gasteiger partial charge in [0.25, 0.3) is 0 Å². The van der Waals surface area contributed by atoms with E-state index in [9.17, 15) is 4.79 Å². The van der Waals surface area contributed by atoms with Crippen LogP contribution in [-0.4, -0.2) is 24.4 Å². The van der Waals surface area contributed by atoms with Crippen LogP contribution in [0, 0.1) is 0 Å². The largest absolute Gasteiger partial charge is 0.457 e. The molecule has 21 heavy (non-hydrogen) atoms. The van der Waals surface area contributed by atoms with E-state index in [0.717, 1.165) is 22.6 Å². The highest BCUT2D eigenvalue weighted by Gasteiger charge is 2.44. The summed E-state index contributed by atoms with van der Waals surface area (Å²) in [5.74, 6) is 1.58. The highest BCUT2D eigenvalue weighted by atomic mass is 35.5. The number of benzene rings is 2. The Morgan fingerprint density at radius 2 is 1.90 bits per heavy atom. The van der Waals surface area contributed by atoms with Crippen LogP contribution < -0.4 is 4.74 Å². The van der Waals surface area contributed by atoms with Gasteiger partial charge in [0.05, 0.1) is 5.92 Å². The van der Waals surface area contributed by atoms with Crippen molar-refractivity contribution in [3.8, 4) is 11.5 Å². The summed E-state index contributed by atoms with van der Waals surface area (Å²) in [6, 6.07) is 13.5. The molecule has 0 radical (unpaired) electrons. The third-order valence-electron chi connectivity index (χ3n) is 4.36. The van der Waals surface area contributed by atoms with Gasteiger partial charge >= 0.3 is 0 Å². The number of nitrogens with zero attached hydrogens (tertiary/aromatic N) is 1. The van der Waals surface area contributed by atoms with Gasteiger partial charge in [-0.05, 0) is 24.3 Å². The minimum atomic E-state index is -0.215. The van der Waals surface area contributed by atoms with Crippen molar-refractivity contribution in [2.45, 2.75) is 11.8 Å². The number of para-hydroxylation sites is 1. The number of rotatable bonds is 0. The smallest absolute Gasteiger partial charge is 0.230 e. The Morgan fingerprint density at radius 1 is 1.14 bits per heavy atom. The molecule has 2 aliphatic rings. The van der Waals surface area contributed by atoms with Crippen LogP contribution >= 0.6 is 11.6 Å². The van der Waals surface area contributed by atoms with Crippen LogP contribution in [0.25, 0.3) is 0 Å². The zero-order chi connectivity index (χ0) is 14.6. The maximum absolute atomic E-state index is 12.6. The molecule has 0 saturated carbocycles. The van der Waals surface area contributed by atoms with Crippen LogP contribution in [0.15, 0.2) is 42.5 Å². The van der Waals surface area contributed by atoms with Crippen molar-refractivity contribution in [2.24, 2.45) is 0 Å². The lowest BCUT2D eigenvalue weighted by Crippen LogP contribution is -2.21. The third-order valence-corrected chi connectivity index (χ3v) is 4.60. The monoisotopic (exact) mass is 299 g/mol. The molecule has 4 rings (SSSR count). The molecular formula is C17H14ClNO2. The van der Waals surface area contributed by atoms with Crippen LogP contribution in [-0.2, 0) is 4.79 Å². The normalized spacial score (nSPS) is 23.0. The van der Waals surface area contributed by atoms with Crippen molar-refractivity contribution >= 4 is 17.5 Å². The molecule has 106 valence electrons. The van der Waals surface area contributed by atoms with E-state index < -0.39 is 0 Å². The fourth-order valence-corrected chi connectivity index (χ4v) is 3.56. The Balaban J connectivity index is 1.98. The van der Waals surface area contributed by atoms with E-state index in [0.29, 0.717) is 11.6 Å². The third kappa shape index (κ3) is 1.84. The molecule has 2 aliphatic heterocycles. The first-order valence-electron chi connectivity index (χ1n) is 6.96. The summed E-state index contributed by atoms with van der Waals surface area (Å²) in [5, 5.41) is 0.629. The van der Waals surface area contributed by atoms with Gasteiger partial charge < -0.3 is 9.64 Å². The summed E-state index contributed by atoms with van der Waals surface area (Å²) in [4.78, 5) is 14.4. The predicted octanol–water partition coefficient (Wildman–Crippen LogP) is 3.79. The molecule has 1 saturated heterocycles. The molecule has 0 unspecified atom stereocenters. The van der Waals surface area contributed by atoms with Crippen LogP contribution in [0.3, 0.4) is 0 Å². The molecule has 0 aliphatic carbocycles. The van der Waals surface area contributed by atoms with Crippen molar-refractivity contribution < 1.29 is 9.53 Å². The van der Waals surface area contributed by atoms with Gasteiger partial charge in [-0.1, -0.05) is 29.8 Å². The molecular weight excluding hydrogens is 286 g/mol. The van der Waals surface area contributed by atoms with Crippen molar-refractivity contribution in [3.05, 3.63) is 58.6 Å². The number of likely N-dealkylation sites (tertiary alicyclic amines) is 1. The highest BCUT2D eigenvalue weighted by Crippen LogP contribution is 2.50. The number of hydrogen-bond acceptors (Lipinski definition) is 2. The Bertz CT molecular complexity index is 743. The molecule has 3 nitrogen and oxygen atoms in total. The number of likely N-dealkylation sites (N-methyl/N-ethyl adjacent to an activating group) is 1. The molecule has 2 atom stereocenters. The van der Waals surface area contributed by atoms with Crippen molar-refractivity contribution in [1.29, 1.82) is 0 Å². The van der Waals surface area contributed by atoms with Gasteiger partial charge in [0.2, 0.25) is 5.91 Å². The predicted molar refractivity (Wildman–Crippen MR) is 81.1 cm³/mol. The van der Waals surface area contributed by atoms with Crippen molar-refractivity contribution in [3.63, 3.8) is 0 Å². The standard InChI is InChI=1S/C17H14ClNO2/c1-19-9-13-11-4-2-3-5-14(11)21-15-7-6-10(18)8-12(15)16(13)17(19)20/h2-8,13,16H,9H2,1H3/t13-,16-/m0/s1. The van der Waals surface area contributed by atoms with Gasteiger partial charge in [-0.3, -0.25) is 4.79 Å². The lowest BCUT2D eigenvalue weighted by atomic mass is 9.84. The number of hydrogen-bond donors (Lipinski definition) is 0. The van der Waals surface area contributed by atoms with E-state index in [1.807, 2.05) is 43.4 Å². The van der Waals surface area contributed by atoms with Gasteiger partial charge in [-0.25, -0.2) is 0 Å². The summed E-state index contributed by atoms with van der Waals surface area (Å²) in [6.45, 7) is 0.704. The quantitative estimate of drug-likeness (QED) is 0.741. The molecule has 2 aromatic rings. The summed E-state index contributed by atoms with van der Waals surface area (Å²) in [6.07, 6.45) is 0. The number of amides is 1. The minimum Gasteiger partial charge on any atom is -0.457 e. The van der Waals surface area contributed by atoms with Gasteiger partial charge in [0, 0.05) is 35.7 Å². The molecule has 2 aromatic carbocycles. The Labute approximate surface area is 128 Å². The number of ether oxygens (including phenoxy) is 1. The summed E-state index contributed by atoms with van der Waals surface area (Å²) in [7, 11) is 1.85. The van der Waals surface area contributed by atoms with Gasteiger partial charge in [0.15, 0.2) is 0 Å². The molecule has 1 amide bonds. The first kappa shape index (κ1) is 12.7. The van der Waals surface area contributed by atoms with Crippen LogP contribution in [0.5, 0.6) is 11.5 Å². The van der Waals surface area contributed by atoms with E-state index in [-0.39, 0.29) is 17.7 Å². The average Bonchev–Trinajstić information content (AvgIpc) is 2.70. The fraction of sp³-hybridized carbons (Fsp3) is 0.235. The topological polar surface area (TPSA) is 29.5 Å². The maximum Gasteiger partial charge on any atom is 0.230 e. The molecule has 2 heterocycles. The molecule has 4 heteroatoms. The molecule has 0 bridgehead atoms. The summed E-state index contributed by atoms with van der Waals surface area (Å²) >= 11 is 6.14. The zero-order valence-corrected chi connectivity index (χ0v) is 12.3. The van der Waals surface area contributed by atoms with Gasteiger partial charge in [-0.15, -0.1) is 0 Å². The van der Waals surface area contributed by atoms with Crippen LogP contribution in [0.4, 0.5) is 0 Å². The number of fused-ring (bicyclic) bond motifs is 5. The Kier molecular flexibility index (Phi) is 2.73. The molecule has 0 spiro atoms. The zero-order valence-electron chi connectivity index (χ0n) is 11.5. The molecule has 0 N–H and O–H groups in total. The number of halogens is 1. The second kappa shape index (κ2) is 4.50. The Hall–Kier alpha value is -2.00. The average molecular weight is 300 g/mol. The van der Waals surface area contributed by atoms with Gasteiger partial charge in [0.1, 0.15) is 11.5 Å². The van der Waals surface area contributed by atoms with Crippen LogP contribution in [0.2, 0.25) is 5.02 Å².